The van der Waals surface area contributed by atoms with E-state index in [-0.39, 0.29) is 18.8 Å². The molecule has 4 nitrogen and oxygen atoms in total. The minimum Gasteiger partial charge on any atom is -0.462 e. The summed E-state index contributed by atoms with van der Waals surface area (Å²) in [5.74, 6) is 5.32. The van der Waals surface area contributed by atoms with Crippen molar-refractivity contribution in [3.8, 4) is 11.8 Å². The monoisotopic (exact) mass is 372 g/mol. The van der Waals surface area contributed by atoms with Crippen molar-refractivity contribution in [2.75, 3.05) is 13.2 Å². The molecule has 2 atom stereocenters. The second kappa shape index (κ2) is 12.3. The van der Waals surface area contributed by atoms with E-state index in [0.717, 1.165) is 6.42 Å². The summed E-state index contributed by atoms with van der Waals surface area (Å²) < 4.78 is 14.2. The van der Waals surface area contributed by atoms with Crippen LogP contribution in [0.2, 0.25) is 0 Å². The van der Waals surface area contributed by atoms with Gasteiger partial charge in [0.25, 0.3) is 0 Å². The van der Waals surface area contributed by atoms with Crippen LogP contribution in [0.15, 0.2) is 0 Å². The first kappa shape index (κ1) is 21.8. The molecule has 0 bridgehead atoms. The summed E-state index contributed by atoms with van der Waals surface area (Å²) in [7, 11) is 0. The van der Waals surface area contributed by atoms with Crippen LogP contribution in [0.3, 0.4) is 0 Å². The Morgan fingerprint density at radius 2 is 1.77 bits per heavy atom. The lowest BCUT2D eigenvalue weighted by molar-refractivity contribution is -0.147. The molecule has 0 aromatic rings. The Balaban J connectivity index is 3.75. The van der Waals surface area contributed by atoms with E-state index < -0.39 is 9.76 Å². The molecule has 0 saturated heterocycles. The van der Waals surface area contributed by atoms with E-state index in [2.05, 4.69) is 11.8 Å². The summed E-state index contributed by atoms with van der Waals surface area (Å²) in [6.07, 6.45) is 1.13. The molecule has 0 aromatic carbocycles. The second-order valence-electron chi connectivity index (χ2n) is 4.71. The highest BCUT2D eigenvalue weighted by atomic mass is 35.6. The quantitative estimate of drug-likeness (QED) is 0.199. The van der Waals surface area contributed by atoms with E-state index in [4.69, 9.17) is 49.0 Å². The summed E-state index contributed by atoms with van der Waals surface area (Å²) in [6, 6.07) is 0. The zero-order valence-electron chi connectivity index (χ0n) is 13.2. The van der Waals surface area contributed by atoms with E-state index in [1.54, 1.807) is 6.92 Å². The maximum absolute atomic E-state index is 11.4. The molecule has 0 amide bonds. The molecular formula is C15H23Cl3O4. The molecule has 0 saturated carbocycles. The number of halogens is 3. The van der Waals surface area contributed by atoms with Crippen molar-refractivity contribution in [3.63, 3.8) is 0 Å². The van der Waals surface area contributed by atoms with Gasteiger partial charge in [0.15, 0.2) is 6.29 Å². The van der Waals surface area contributed by atoms with Gasteiger partial charge >= 0.3 is 5.97 Å². The number of alkyl halides is 3. The highest BCUT2D eigenvalue weighted by Gasteiger charge is 2.25. The van der Waals surface area contributed by atoms with Gasteiger partial charge in [-0.05, 0) is 20.3 Å². The summed E-state index contributed by atoms with van der Waals surface area (Å²) in [6.45, 7) is 6.82. The minimum atomic E-state index is -1.63. The SMILES string of the molecule is CCCO[C@@H](C)OCCC#CC[C@H](C)OC(=O)CC(Cl)(Cl)Cl. The fourth-order valence-electron chi connectivity index (χ4n) is 1.38. The molecule has 128 valence electrons. The van der Waals surface area contributed by atoms with Crippen LogP contribution in [0.4, 0.5) is 0 Å². The molecule has 0 aliphatic rings. The Hall–Kier alpha value is -0.180. The number of hydrogen-bond donors (Lipinski definition) is 0. The molecule has 0 aliphatic carbocycles. The predicted octanol–water partition coefficient (Wildman–Crippen LogP) is 4.25. The van der Waals surface area contributed by atoms with Crippen molar-refractivity contribution in [2.45, 2.75) is 62.6 Å². The molecule has 0 N–H and O–H groups in total. The van der Waals surface area contributed by atoms with Crippen LogP contribution in [0.25, 0.3) is 0 Å². The summed E-state index contributed by atoms with van der Waals surface area (Å²) in [5.41, 5.74) is 0. The molecule has 0 heterocycles. The van der Waals surface area contributed by atoms with Gasteiger partial charge in [-0.2, -0.15) is 0 Å². The largest absolute Gasteiger partial charge is 0.462 e. The summed E-state index contributed by atoms with van der Waals surface area (Å²) in [5, 5.41) is 0. The van der Waals surface area contributed by atoms with Crippen molar-refractivity contribution in [2.24, 2.45) is 0 Å². The van der Waals surface area contributed by atoms with Gasteiger partial charge in [0.1, 0.15) is 6.10 Å². The van der Waals surface area contributed by atoms with Crippen LogP contribution in [0, 0.1) is 11.8 Å². The van der Waals surface area contributed by atoms with Crippen molar-refractivity contribution in [1.29, 1.82) is 0 Å². The number of ether oxygens (including phenoxy) is 3. The molecule has 0 fully saturated rings. The van der Waals surface area contributed by atoms with Crippen molar-refractivity contribution < 1.29 is 19.0 Å². The van der Waals surface area contributed by atoms with Gasteiger partial charge in [0.2, 0.25) is 3.79 Å². The molecular weight excluding hydrogens is 351 g/mol. The first-order chi connectivity index (χ1) is 10.2. The minimum absolute atomic E-state index is 0.219. The predicted molar refractivity (Wildman–Crippen MR) is 89.1 cm³/mol. The first-order valence-corrected chi connectivity index (χ1v) is 8.33. The standard InChI is InChI=1S/C15H23Cl3O4/c1-4-9-20-13(3)21-10-7-5-6-8-12(2)22-14(19)11-15(16,17)18/h12-13H,4,7-11H2,1-3H3/t12-,13+/m0/s1. The van der Waals surface area contributed by atoms with Crippen LogP contribution in [0.1, 0.15) is 46.5 Å². The number of hydrogen-bond acceptors (Lipinski definition) is 4. The molecule has 0 aliphatic heterocycles. The van der Waals surface area contributed by atoms with Gasteiger partial charge in [-0.3, -0.25) is 4.79 Å². The Kier molecular flexibility index (Phi) is 12.2. The van der Waals surface area contributed by atoms with Gasteiger partial charge in [0, 0.05) is 19.4 Å². The Morgan fingerprint density at radius 1 is 1.14 bits per heavy atom. The lowest BCUT2D eigenvalue weighted by Gasteiger charge is -2.13. The zero-order valence-corrected chi connectivity index (χ0v) is 15.4. The lowest BCUT2D eigenvalue weighted by Crippen LogP contribution is -2.19. The molecule has 0 unspecified atom stereocenters. The maximum Gasteiger partial charge on any atom is 0.310 e. The average molecular weight is 374 g/mol. The van der Waals surface area contributed by atoms with Crippen molar-refractivity contribution in [1.82, 2.24) is 0 Å². The number of rotatable bonds is 9. The molecule has 7 heteroatoms. The Bertz CT molecular complexity index is 371. The fraction of sp³-hybridized carbons (Fsp3) is 0.800. The smallest absolute Gasteiger partial charge is 0.310 e. The van der Waals surface area contributed by atoms with E-state index >= 15 is 0 Å². The van der Waals surface area contributed by atoms with Gasteiger partial charge in [-0.1, -0.05) is 47.6 Å². The van der Waals surface area contributed by atoms with Crippen LogP contribution < -0.4 is 0 Å². The third-order valence-electron chi connectivity index (χ3n) is 2.33. The van der Waals surface area contributed by atoms with Gasteiger partial charge in [0.05, 0.1) is 13.0 Å². The summed E-state index contributed by atoms with van der Waals surface area (Å²) in [4.78, 5) is 11.4. The zero-order chi connectivity index (χ0) is 17.0. The van der Waals surface area contributed by atoms with E-state index in [9.17, 15) is 4.79 Å². The normalized spacial score (nSPS) is 13.9. The fourth-order valence-corrected chi connectivity index (χ4v) is 1.71. The molecule has 22 heavy (non-hydrogen) atoms. The number of carbonyl (C=O) groups excluding carboxylic acids is 1. The van der Waals surface area contributed by atoms with Crippen LogP contribution in [0.5, 0.6) is 0 Å². The van der Waals surface area contributed by atoms with E-state index in [1.807, 2.05) is 13.8 Å². The highest BCUT2D eigenvalue weighted by molar-refractivity contribution is 6.68. The third-order valence-corrected chi connectivity index (χ3v) is 2.73. The average Bonchev–Trinajstić information content (AvgIpc) is 2.37. The van der Waals surface area contributed by atoms with Gasteiger partial charge in [-0.15, -0.1) is 5.92 Å². The Labute approximate surface area is 147 Å². The molecule has 0 aromatic heterocycles. The molecule has 0 spiro atoms. The number of carbonyl (C=O) groups is 1. The van der Waals surface area contributed by atoms with E-state index in [1.165, 1.54) is 0 Å². The van der Waals surface area contributed by atoms with Crippen molar-refractivity contribution in [3.05, 3.63) is 0 Å². The van der Waals surface area contributed by atoms with Crippen molar-refractivity contribution >= 4 is 40.8 Å². The van der Waals surface area contributed by atoms with Crippen LogP contribution in [-0.4, -0.2) is 35.4 Å². The summed E-state index contributed by atoms with van der Waals surface area (Å²) >= 11 is 16.5. The highest BCUT2D eigenvalue weighted by Crippen LogP contribution is 2.30. The Morgan fingerprint density at radius 3 is 2.36 bits per heavy atom. The van der Waals surface area contributed by atoms with Crippen LogP contribution in [-0.2, 0) is 19.0 Å². The molecule has 0 rings (SSSR count). The van der Waals surface area contributed by atoms with Gasteiger partial charge < -0.3 is 14.2 Å². The van der Waals surface area contributed by atoms with Gasteiger partial charge in [-0.25, -0.2) is 0 Å². The third kappa shape index (κ3) is 14.7. The van der Waals surface area contributed by atoms with Crippen LogP contribution >= 0.6 is 34.8 Å². The second-order valence-corrected chi connectivity index (χ2v) is 7.23. The van der Waals surface area contributed by atoms with E-state index in [0.29, 0.717) is 26.1 Å². The molecule has 0 radical (unpaired) electrons. The maximum atomic E-state index is 11.4. The first-order valence-electron chi connectivity index (χ1n) is 7.19. The lowest BCUT2D eigenvalue weighted by atomic mass is 10.3. The number of esters is 1. The topological polar surface area (TPSA) is 44.8 Å².